The average molecular weight is 379 g/mol. The Balaban J connectivity index is 1.60. The van der Waals surface area contributed by atoms with E-state index >= 15 is 0 Å². The zero-order valence-electron chi connectivity index (χ0n) is 16.3. The highest BCUT2D eigenvalue weighted by molar-refractivity contribution is 5.97. The Bertz CT molecular complexity index is 869. The van der Waals surface area contributed by atoms with E-state index in [1.54, 1.807) is 34.1 Å². The normalized spacial score (nSPS) is 13.9. The van der Waals surface area contributed by atoms with Crippen LogP contribution in [0.2, 0.25) is 0 Å². The van der Waals surface area contributed by atoms with Crippen LogP contribution in [0.4, 0.5) is 5.69 Å². The Morgan fingerprint density at radius 3 is 1.96 bits per heavy atom. The number of carbonyl (C=O) groups is 3. The van der Waals surface area contributed by atoms with Crippen LogP contribution >= 0.6 is 0 Å². The summed E-state index contributed by atoms with van der Waals surface area (Å²) in [6.45, 7) is 5.50. The summed E-state index contributed by atoms with van der Waals surface area (Å²) >= 11 is 0. The van der Waals surface area contributed by atoms with Crippen molar-refractivity contribution >= 4 is 23.4 Å². The molecule has 0 saturated carbocycles. The van der Waals surface area contributed by atoms with Gasteiger partial charge in [-0.2, -0.15) is 0 Å². The number of rotatable bonds is 4. The molecule has 0 aliphatic carbocycles. The largest absolute Gasteiger partial charge is 0.335 e. The van der Waals surface area contributed by atoms with E-state index in [9.17, 15) is 14.4 Å². The van der Waals surface area contributed by atoms with Gasteiger partial charge in [0, 0.05) is 49.9 Å². The first-order valence-corrected chi connectivity index (χ1v) is 9.53. The number of amides is 3. The molecular weight excluding hydrogens is 354 g/mol. The average Bonchev–Trinajstić information content (AvgIpc) is 2.72. The van der Waals surface area contributed by atoms with Crippen molar-refractivity contribution in [1.29, 1.82) is 0 Å². The second-order valence-electron chi connectivity index (χ2n) is 6.90. The molecule has 0 aromatic heterocycles. The van der Waals surface area contributed by atoms with Crippen LogP contribution in [0.5, 0.6) is 0 Å². The zero-order valence-corrected chi connectivity index (χ0v) is 16.3. The molecule has 1 heterocycles. The molecule has 6 nitrogen and oxygen atoms in total. The zero-order chi connectivity index (χ0) is 20.1. The van der Waals surface area contributed by atoms with Crippen molar-refractivity contribution in [3.63, 3.8) is 0 Å². The smallest absolute Gasteiger partial charge is 0.254 e. The van der Waals surface area contributed by atoms with Gasteiger partial charge in [0.25, 0.3) is 11.8 Å². The molecule has 1 aliphatic rings. The number of piperazine rings is 1. The molecule has 1 N–H and O–H groups in total. The molecular formula is C22H25N3O3. The Morgan fingerprint density at radius 2 is 1.43 bits per heavy atom. The van der Waals surface area contributed by atoms with Gasteiger partial charge in [-0.1, -0.05) is 25.1 Å². The highest BCUT2D eigenvalue weighted by Crippen LogP contribution is 2.16. The fourth-order valence-corrected chi connectivity index (χ4v) is 3.29. The number of hydrogen-bond donors (Lipinski definition) is 1. The summed E-state index contributed by atoms with van der Waals surface area (Å²) in [6.07, 6.45) is 0.943. The Morgan fingerprint density at radius 1 is 0.857 bits per heavy atom. The van der Waals surface area contributed by atoms with E-state index in [0.29, 0.717) is 43.0 Å². The lowest BCUT2D eigenvalue weighted by molar-refractivity contribution is -0.114. The van der Waals surface area contributed by atoms with E-state index in [0.717, 1.165) is 6.42 Å². The van der Waals surface area contributed by atoms with Crippen molar-refractivity contribution < 1.29 is 14.4 Å². The summed E-state index contributed by atoms with van der Waals surface area (Å²) < 4.78 is 0. The van der Waals surface area contributed by atoms with Crippen molar-refractivity contribution in [2.24, 2.45) is 0 Å². The summed E-state index contributed by atoms with van der Waals surface area (Å²) in [6, 6.07) is 14.6. The van der Waals surface area contributed by atoms with Crippen molar-refractivity contribution in [3.8, 4) is 0 Å². The van der Waals surface area contributed by atoms with Gasteiger partial charge in [0.1, 0.15) is 0 Å². The highest BCUT2D eigenvalue weighted by Gasteiger charge is 2.25. The number of nitrogens with zero attached hydrogens (tertiary/aromatic N) is 2. The third-order valence-corrected chi connectivity index (χ3v) is 4.89. The summed E-state index contributed by atoms with van der Waals surface area (Å²) in [4.78, 5) is 40.2. The van der Waals surface area contributed by atoms with Crippen LogP contribution in [0.1, 0.15) is 40.1 Å². The third kappa shape index (κ3) is 4.57. The van der Waals surface area contributed by atoms with Gasteiger partial charge in [-0.25, -0.2) is 0 Å². The minimum atomic E-state index is -0.177. The summed E-state index contributed by atoms with van der Waals surface area (Å²) in [5.74, 6) is -0.266. The minimum absolute atomic E-state index is 0.00223. The van der Waals surface area contributed by atoms with E-state index in [2.05, 4.69) is 12.2 Å². The van der Waals surface area contributed by atoms with Crippen LogP contribution in [0.25, 0.3) is 0 Å². The Labute approximate surface area is 165 Å². The molecule has 3 rings (SSSR count). The van der Waals surface area contributed by atoms with E-state index in [1.165, 1.54) is 12.5 Å². The first-order valence-electron chi connectivity index (χ1n) is 9.53. The van der Waals surface area contributed by atoms with Gasteiger partial charge in [-0.15, -0.1) is 0 Å². The highest BCUT2D eigenvalue weighted by atomic mass is 16.2. The molecule has 2 aromatic carbocycles. The van der Waals surface area contributed by atoms with Crippen LogP contribution in [0.3, 0.4) is 0 Å². The predicted molar refractivity (Wildman–Crippen MR) is 108 cm³/mol. The monoisotopic (exact) mass is 379 g/mol. The standard InChI is InChI=1S/C22H25N3O3/c1-3-17-7-9-18(10-8-17)21(27)24-11-13-25(14-12-24)22(28)19-5-4-6-20(15-19)23-16(2)26/h4-10,15H,3,11-14H2,1-2H3,(H,23,26). The lowest BCUT2D eigenvalue weighted by atomic mass is 10.1. The molecule has 0 spiro atoms. The van der Waals surface area contributed by atoms with Crippen LogP contribution < -0.4 is 5.32 Å². The summed E-state index contributed by atoms with van der Waals surface area (Å²) in [5, 5.41) is 2.69. The SMILES string of the molecule is CCc1ccc(C(=O)N2CCN(C(=O)c3cccc(NC(C)=O)c3)CC2)cc1. The number of anilines is 1. The van der Waals surface area contributed by atoms with Gasteiger partial charge in [0.15, 0.2) is 0 Å². The molecule has 0 radical (unpaired) electrons. The molecule has 1 saturated heterocycles. The molecule has 0 unspecified atom stereocenters. The van der Waals surface area contributed by atoms with Crippen LogP contribution in [-0.2, 0) is 11.2 Å². The van der Waals surface area contributed by atoms with Gasteiger partial charge >= 0.3 is 0 Å². The molecule has 28 heavy (non-hydrogen) atoms. The number of hydrogen-bond acceptors (Lipinski definition) is 3. The minimum Gasteiger partial charge on any atom is -0.335 e. The first-order chi connectivity index (χ1) is 13.5. The lowest BCUT2D eigenvalue weighted by Crippen LogP contribution is -2.50. The predicted octanol–water partition coefficient (Wildman–Crippen LogP) is 2.81. The van der Waals surface area contributed by atoms with E-state index < -0.39 is 0 Å². The Hall–Kier alpha value is -3.15. The fourth-order valence-electron chi connectivity index (χ4n) is 3.29. The van der Waals surface area contributed by atoms with Crippen molar-refractivity contribution in [3.05, 3.63) is 65.2 Å². The molecule has 3 amide bonds. The molecule has 1 fully saturated rings. The van der Waals surface area contributed by atoms with Gasteiger partial charge in [0.2, 0.25) is 5.91 Å². The van der Waals surface area contributed by atoms with Crippen molar-refractivity contribution in [2.45, 2.75) is 20.3 Å². The maximum absolute atomic E-state index is 12.8. The topological polar surface area (TPSA) is 69.7 Å². The molecule has 0 atom stereocenters. The van der Waals surface area contributed by atoms with Gasteiger partial charge in [-0.3, -0.25) is 14.4 Å². The molecule has 0 bridgehead atoms. The lowest BCUT2D eigenvalue weighted by Gasteiger charge is -2.35. The molecule has 1 aliphatic heterocycles. The van der Waals surface area contributed by atoms with Crippen LogP contribution in [-0.4, -0.2) is 53.7 Å². The maximum atomic E-state index is 12.8. The second-order valence-corrected chi connectivity index (χ2v) is 6.90. The van der Waals surface area contributed by atoms with Gasteiger partial charge in [0.05, 0.1) is 0 Å². The van der Waals surface area contributed by atoms with Gasteiger partial charge < -0.3 is 15.1 Å². The van der Waals surface area contributed by atoms with Crippen LogP contribution in [0, 0.1) is 0 Å². The number of aryl methyl sites for hydroxylation is 1. The second kappa shape index (κ2) is 8.69. The number of carbonyl (C=O) groups excluding carboxylic acids is 3. The van der Waals surface area contributed by atoms with E-state index in [4.69, 9.17) is 0 Å². The molecule has 146 valence electrons. The molecule has 6 heteroatoms. The number of nitrogens with one attached hydrogen (secondary N) is 1. The first kappa shape index (κ1) is 19.6. The van der Waals surface area contributed by atoms with Crippen molar-refractivity contribution in [2.75, 3.05) is 31.5 Å². The maximum Gasteiger partial charge on any atom is 0.254 e. The fraction of sp³-hybridized carbons (Fsp3) is 0.318. The summed E-state index contributed by atoms with van der Waals surface area (Å²) in [5.41, 5.74) is 3.01. The molecule has 2 aromatic rings. The third-order valence-electron chi connectivity index (χ3n) is 4.89. The van der Waals surface area contributed by atoms with Crippen molar-refractivity contribution in [1.82, 2.24) is 9.80 Å². The van der Waals surface area contributed by atoms with Gasteiger partial charge in [-0.05, 0) is 42.3 Å². The van der Waals surface area contributed by atoms with E-state index in [-0.39, 0.29) is 17.7 Å². The number of benzene rings is 2. The van der Waals surface area contributed by atoms with E-state index in [1.807, 2.05) is 24.3 Å². The summed E-state index contributed by atoms with van der Waals surface area (Å²) in [7, 11) is 0. The quantitative estimate of drug-likeness (QED) is 0.888. The Kier molecular flexibility index (Phi) is 6.09. The van der Waals surface area contributed by atoms with Crippen LogP contribution in [0.15, 0.2) is 48.5 Å².